The van der Waals surface area contributed by atoms with Crippen molar-refractivity contribution in [3.63, 3.8) is 0 Å². The van der Waals surface area contributed by atoms with Gasteiger partial charge in [0.2, 0.25) is 0 Å². The first-order valence-electron chi connectivity index (χ1n) is 7.83. The first-order valence-corrected chi connectivity index (χ1v) is 7.83. The van der Waals surface area contributed by atoms with Gasteiger partial charge in [0, 0.05) is 0 Å². The molecule has 0 aliphatic heterocycles. The Morgan fingerprint density at radius 1 is 0.765 bits per heavy atom. The van der Waals surface area contributed by atoms with Gasteiger partial charge in [-0.25, -0.2) is 0 Å². The maximum atomic E-state index is 3.43. The van der Waals surface area contributed by atoms with Gasteiger partial charge in [0.05, 0.1) is 0 Å². The normalized spacial score (nSPS) is 12.0. The molecule has 0 heterocycles. The zero-order valence-electron chi connectivity index (χ0n) is 12.8. The van der Waals surface area contributed by atoms with Crippen LogP contribution < -0.4 is 5.32 Å². The fraction of sp³-hybridized carbons (Fsp3) is 1.00. The minimum atomic E-state index is 0.533. The Morgan fingerprint density at radius 3 is 1.94 bits per heavy atom. The monoisotopic (exact) mass is 241 g/mol. The molecule has 0 aromatic carbocycles. The summed E-state index contributed by atoms with van der Waals surface area (Å²) < 4.78 is 0. The molecule has 17 heavy (non-hydrogen) atoms. The molecule has 0 saturated heterocycles. The number of unbranched alkanes of at least 4 members (excludes halogenated alkanes) is 6. The third-order valence-corrected chi connectivity index (χ3v) is 3.69. The summed E-state index contributed by atoms with van der Waals surface area (Å²) in [4.78, 5) is 0. The lowest BCUT2D eigenvalue weighted by atomic mass is 9.83. The second-order valence-electron chi connectivity index (χ2n) is 6.14. The average Bonchev–Trinajstić information content (AvgIpc) is 2.28. The van der Waals surface area contributed by atoms with E-state index in [-0.39, 0.29) is 0 Å². The smallest absolute Gasteiger partial charge is 0.00439 e. The van der Waals surface area contributed by atoms with E-state index < -0.39 is 0 Å². The van der Waals surface area contributed by atoms with Gasteiger partial charge in [-0.2, -0.15) is 0 Å². The molecule has 1 heteroatoms. The molecular formula is C16H35N. The van der Waals surface area contributed by atoms with Crippen molar-refractivity contribution in [2.45, 2.75) is 85.5 Å². The minimum Gasteiger partial charge on any atom is -0.317 e. The van der Waals surface area contributed by atoms with Crippen LogP contribution in [0.2, 0.25) is 0 Å². The van der Waals surface area contributed by atoms with Crippen molar-refractivity contribution in [1.29, 1.82) is 0 Å². The SMILES string of the molecule is CCCCCCCCCC(C)(C)CCNCC. The van der Waals surface area contributed by atoms with Crippen molar-refractivity contribution in [3.05, 3.63) is 0 Å². The van der Waals surface area contributed by atoms with E-state index in [1.165, 1.54) is 64.3 Å². The molecule has 0 aliphatic carbocycles. The van der Waals surface area contributed by atoms with Crippen LogP contribution in [0, 0.1) is 5.41 Å². The molecular weight excluding hydrogens is 206 g/mol. The summed E-state index contributed by atoms with van der Waals surface area (Å²) >= 11 is 0. The standard InChI is InChI=1S/C16H35N/c1-5-7-8-9-10-11-12-13-16(3,4)14-15-17-6-2/h17H,5-15H2,1-4H3. The van der Waals surface area contributed by atoms with Crippen molar-refractivity contribution >= 4 is 0 Å². The topological polar surface area (TPSA) is 12.0 Å². The van der Waals surface area contributed by atoms with E-state index in [2.05, 4.69) is 33.0 Å². The highest BCUT2D eigenvalue weighted by atomic mass is 14.8. The van der Waals surface area contributed by atoms with Crippen LogP contribution in [0.5, 0.6) is 0 Å². The summed E-state index contributed by atoms with van der Waals surface area (Å²) in [5.74, 6) is 0. The van der Waals surface area contributed by atoms with E-state index in [0.717, 1.165) is 6.54 Å². The largest absolute Gasteiger partial charge is 0.317 e. The third kappa shape index (κ3) is 12.2. The van der Waals surface area contributed by atoms with Gasteiger partial charge in [-0.3, -0.25) is 0 Å². The molecule has 1 nitrogen and oxygen atoms in total. The van der Waals surface area contributed by atoms with Crippen molar-refractivity contribution < 1.29 is 0 Å². The van der Waals surface area contributed by atoms with E-state index in [1.54, 1.807) is 0 Å². The minimum absolute atomic E-state index is 0.533. The third-order valence-electron chi connectivity index (χ3n) is 3.69. The molecule has 0 spiro atoms. The average molecular weight is 241 g/mol. The Balaban J connectivity index is 3.32. The molecule has 0 aromatic rings. The van der Waals surface area contributed by atoms with Crippen molar-refractivity contribution in [2.24, 2.45) is 5.41 Å². The molecule has 0 amide bonds. The zero-order valence-corrected chi connectivity index (χ0v) is 12.8. The molecule has 0 aliphatic rings. The lowest BCUT2D eigenvalue weighted by Crippen LogP contribution is -2.22. The van der Waals surface area contributed by atoms with Crippen LogP contribution in [0.4, 0.5) is 0 Å². The highest BCUT2D eigenvalue weighted by Gasteiger charge is 2.16. The molecule has 0 atom stereocenters. The molecule has 104 valence electrons. The number of hydrogen-bond donors (Lipinski definition) is 1. The van der Waals surface area contributed by atoms with Gasteiger partial charge in [0.15, 0.2) is 0 Å². The van der Waals surface area contributed by atoms with Crippen LogP contribution in [0.3, 0.4) is 0 Å². The molecule has 0 fully saturated rings. The fourth-order valence-corrected chi connectivity index (χ4v) is 2.29. The Labute approximate surface area is 110 Å². The highest BCUT2D eigenvalue weighted by Crippen LogP contribution is 2.27. The van der Waals surface area contributed by atoms with Crippen molar-refractivity contribution in [2.75, 3.05) is 13.1 Å². The Morgan fingerprint density at radius 2 is 1.35 bits per heavy atom. The lowest BCUT2D eigenvalue weighted by Gasteiger charge is -2.24. The van der Waals surface area contributed by atoms with E-state index in [0.29, 0.717) is 5.41 Å². The Kier molecular flexibility index (Phi) is 11.0. The van der Waals surface area contributed by atoms with Crippen LogP contribution in [0.25, 0.3) is 0 Å². The van der Waals surface area contributed by atoms with Crippen molar-refractivity contribution in [1.82, 2.24) is 5.32 Å². The zero-order chi connectivity index (χ0) is 13.0. The highest BCUT2D eigenvalue weighted by molar-refractivity contribution is 4.69. The summed E-state index contributed by atoms with van der Waals surface area (Å²) in [6.07, 6.45) is 12.7. The number of hydrogen-bond acceptors (Lipinski definition) is 1. The van der Waals surface area contributed by atoms with Gasteiger partial charge in [0.1, 0.15) is 0 Å². The molecule has 0 saturated carbocycles. The fourth-order valence-electron chi connectivity index (χ4n) is 2.29. The molecule has 0 radical (unpaired) electrons. The summed E-state index contributed by atoms with van der Waals surface area (Å²) in [5, 5.41) is 3.43. The predicted octanol–water partition coefficient (Wildman–Crippen LogP) is 5.15. The Bertz CT molecular complexity index is 152. The maximum absolute atomic E-state index is 3.43. The van der Waals surface area contributed by atoms with E-state index >= 15 is 0 Å². The molecule has 1 N–H and O–H groups in total. The number of rotatable bonds is 12. The van der Waals surface area contributed by atoms with Gasteiger partial charge in [-0.1, -0.05) is 72.6 Å². The Hall–Kier alpha value is -0.0400. The molecule has 0 bridgehead atoms. The summed E-state index contributed by atoms with van der Waals surface area (Å²) in [6.45, 7) is 11.6. The first-order chi connectivity index (χ1) is 8.12. The van der Waals surface area contributed by atoms with E-state index in [1.807, 2.05) is 0 Å². The van der Waals surface area contributed by atoms with Gasteiger partial charge in [-0.15, -0.1) is 0 Å². The van der Waals surface area contributed by atoms with Crippen LogP contribution in [-0.4, -0.2) is 13.1 Å². The van der Waals surface area contributed by atoms with Crippen molar-refractivity contribution in [3.8, 4) is 0 Å². The van der Waals surface area contributed by atoms with Crippen LogP contribution in [0.1, 0.15) is 85.5 Å². The summed E-state index contributed by atoms with van der Waals surface area (Å²) in [7, 11) is 0. The lowest BCUT2D eigenvalue weighted by molar-refractivity contribution is 0.290. The number of nitrogens with one attached hydrogen (secondary N) is 1. The van der Waals surface area contributed by atoms with E-state index in [9.17, 15) is 0 Å². The van der Waals surface area contributed by atoms with Gasteiger partial charge in [0.25, 0.3) is 0 Å². The molecule has 0 aromatic heterocycles. The second kappa shape index (κ2) is 11.1. The molecule has 0 rings (SSSR count). The summed E-state index contributed by atoms with van der Waals surface area (Å²) in [5.41, 5.74) is 0.533. The summed E-state index contributed by atoms with van der Waals surface area (Å²) in [6, 6.07) is 0. The predicted molar refractivity (Wildman–Crippen MR) is 79.6 cm³/mol. The van der Waals surface area contributed by atoms with Gasteiger partial charge < -0.3 is 5.32 Å². The quantitative estimate of drug-likeness (QED) is 0.466. The second-order valence-corrected chi connectivity index (χ2v) is 6.14. The molecule has 0 unspecified atom stereocenters. The van der Waals surface area contributed by atoms with Crippen LogP contribution in [-0.2, 0) is 0 Å². The van der Waals surface area contributed by atoms with E-state index in [4.69, 9.17) is 0 Å². The van der Waals surface area contributed by atoms with Gasteiger partial charge >= 0.3 is 0 Å². The van der Waals surface area contributed by atoms with Crippen LogP contribution >= 0.6 is 0 Å². The first kappa shape index (κ1) is 17.0. The maximum Gasteiger partial charge on any atom is -0.00439 e. The van der Waals surface area contributed by atoms with Crippen LogP contribution in [0.15, 0.2) is 0 Å². The van der Waals surface area contributed by atoms with Gasteiger partial charge in [-0.05, 0) is 31.3 Å².